The molecule has 0 aliphatic heterocycles. The van der Waals surface area contributed by atoms with E-state index in [2.05, 4.69) is 29.2 Å². The van der Waals surface area contributed by atoms with Gasteiger partial charge in [-0.15, -0.1) is 0 Å². The highest BCUT2D eigenvalue weighted by atomic mass is 35.5. The number of halogens is 1. The van der Waals surface area contributed by atoms with Gasteiger partial charge in [0, 0.05) is 12.3 Å². The Morgan fingerprint density at radius 3 is 2.41 bits per heavy atom. The van der Waals surface area contributed by atoms with Crippen LogP contribution in [0.2, 0.25) is 0 Å². The highest BCUT2D eigenvalue weighted by Gasteiger charge is 2.06. The number of nitrogens with zero attached hydrogens (tertiary/aromatic N) is 2. The first kappa shape index (κ1) is 17.3. The second-order valence-corrected chi connectivity index (χ2v) is 6.80. The molecule has 4 rings (SSSR count). The molecule has 0 fully saturated rings. The number of rotatable bonds is 3. The van der Waals surface area contributed by atoms with Crippen molar-refractivity contribution in [3.63, 3.8) is 0 Å². The van der Waals surface area contributed by atoms with E-state index in [1.54, 1.807) is 6.20 Å². The summed E-state index contributed by atoms with van der Waals surface area (Å²) < 4.78 is 1.53. The summed E-state index contributed by atoms with van der Waals surface area (Å²) in [6.07, 6.45) is 3.59. The molecule has 0 N–H and O–H groups in total. The Kier molecular flexibility index (Phi) is 4.61. The molecule has 0 saturated carbocycles. The molecule has 27 heavy (non-hydrogen) atoms. The molecule has 2 aromatic carbocycles. The van der Waals surface area contributed by atoms with Crippen molar-refractivity contribution >= 4 is 28.4 Å². The summed E-state index contributed by atoms with van der Waals surface area (Å²) in [5.41, 5.74) is 5.15. The molecule has 3 nitrogen and oxygen atoms in total. The summed E-state index contributed by atoms with van der Waals surface area (Å²) in [5, 5.41) is 0.433. The van der Waals surface area contributed by atoms with E-state index in [-0.39, 0.29) is 5.56 Å². The zero-order valence-electron chi connectivity index (χ0n) is 14.8. The summed E-state index contributed by atoms with van der Waals surface area (Å²) in [6, 6.07) is 23.5. The molecule has 0 bridgehead atoms. The number of hydrogen-bond acceptors (Lipinski definition) is 2. The Morgan fingerprint density at radius 1 is 0.963 bits per heavy atom. The van der Waals surface area contributed by atoms with Gasteiger partial charge in [-0.05, 0) is 41.3 Å². The summed E-state index contributed by atoms with van der Waals surface area (Å²) in [7, 11) is 0. The normalized spacial score (nSPS) is 11.7. The number of pyridine rings is 1. The van der Waals surface area contributed by atoms with Gasteiger partial charge in [-0.25, -0.2) is 4.98 Å². The molecule has 0 unspecified atom stereocenters. The van der Waals surface area contributed by atoms with Crippen LogP contribution in [0, 0.1) is 6.92 Å². The number of aromatic nitrogens is 2. The molecule has 2 heterocycles. The average molecular weight is 373 g/mol. The summed E-state index contributed by atoms with van der Waals surface area (Å²) in [5.74, 6) is 0. The zero-order chi connectivity index (χ0) is 18.8. The first-order valence-corrected chi connectivity index (χ1v) is 9.01. The van der Waals surface area contributed by atoms with Gasteiger partial charge in [0.1, 0.15) is 5.65 Å². The van der Waals surface area contributed by atoms with E-state index in [4.69, 9.17) is 11.6 Å². The highest BCUT2D eigenvalue weighted by molar-refractivity contribution is 6.51. The van der Waals surface area contributed by atoms with Crippen molar-refractivity contribution in [3.05, 3.63) is 106 Å². The second-order valence-electron chi connectivity index (χ2n) is 6.39. The van der Waals surface area contributed by atoms with Crippen molar-refractivity contribution in [2.24, 2.45) is 0 Å². The van der Waals surface area contributed by atoms with Crippen LogP contribution in [-0.2, 0) is 0 Å². The molecule has 2 aromatic heterocycles. The first-order chi connectivity index (χ1) is 13.1. The minimum Gasteiger partial charge on any atom is -0.269 e. The van der Waals surface area contributed by atoms with Crippen LogP contribution in [0.3, 0.4) is 0 Å². The van der Waals surface area contributed by atoms with E-state index < -0.39 is 0 Å². The van der Waals surface area contributed by atoms with Gasteiger partial charge < -0.3 is 0 Å². The van der Waals surface area contributed by atoms with E-state index in [1.165, 1.54) is 16.0 Å². The van der Waals surface area contributed by atoms with Crippen LogP contribution in [0.15, 0.2) is 83.8 Å². The van der Waals surface area contributed by atoms with E-state index >= 15 is 0 Å². The largest absolute Gasteiger partial charge is 0.269 e. The second kappa shape index (κ2) is 7.22. The topological polar surface area (TPSA) is 34.4 Å². The average Bonchev–Trinajstić information content (AvgIpc) is 2.69. The Labute approximate surface area is 162 Å². The van der Waals surface area contributed by atoms with Crippen molar-refractivity contribution in [1.82, 2.24) is 9.38 Å². The lowest BCUT2D eigenvalue weighted by molar-refractivity contribution is 1.02. The molecule has 0 atom stereocenters. The molecule has 0 radical (unpaired) electrons. The molecular weight excluding hydrogens is 356 g/mol. The van der Waals surface area contributed by atoms with Crippen molar-refractivity contribution < 1.29 is 0 Å². The SMILES string of the molecule is Cc1ccc2nc(/C(Cl)=C/c3ccc(-c4ccccc4)cc3)cc(=O)n2c1. The molecule has 4 aromatic rings. The summed E-state index contributed by atoms with van der Waals surface area (Å²) in [6.45, 7) is 1.94. The fourth-order valence-corrected chi connectivity index (χ4v) is 3.18. The van der Waals surface area contributed by atoms with Crippen molar-refractivity contribution in [2.75, 3.05) is 0 Å². The molecule has 0 spiro atoms. The van der Waals surface area contributed by atoms with Gasteiger partial charge in [0.25, 0.3) is 5.56 Å². The van der Waals surface area contributed by atoms with E-state index in [1.807, 2.05) is 55.5 Å². The fraction of sp³-hybridized carbons (Fsp3) is 0.0435. The van der Waals surface area contributed by atoms with Crippen LogP contribution >= 0.6 is 11.6 Å². The maximum Gasteiger partial charge on any atom is 0.258 e. The van der Waals surface area contributed by atoms with Crippen LogP contribution in [-0.4, -0.2) is 9.38 Å². The smallest absolute Gasteiger partial charge is 0.258 e. The monoisotopic (exact) mass is 372 g/mol. The van der Waals surface area contributed by atoms with Gasteiger partial charge in [-0.1, -0.05) is 72.3 Å². The standard InChI is InChI=1S/C23H17ClN2O/c1-16-7-12-22-25-21(14-23(27)26(22)15-16)20(24)13-17-8-10-19(11-9-17)18-5-3-2-4-6-18/h2-15H,1H3/b20-13-. The van der Waals surface area contributed by atoms with Gasteiger partial charge >= 0.3 is 0 Å². The minimum atomic E-state index is -0.148. The number of hydrogen-bond donors (Lipinski definition) is 0. The van der Waals surface area contributed by atoms with Crippen LogP contribution in [0.5, 0.6) is 0 Å². The third kappa shape index (κ3) is 3.69. The minimum absolute atomic E-state index is 0.148. The summed E-state index contributed by atoms with van der Waals surface area (Å²) in [4.78, 5) is 16.8. The molecule has 132 valence electrons. The number of aryl methyl sites for hydroxylation is 1. The van der Waals surface area contributed by atoms with Crippen LogP contribution in [0.25, 0.3) is 27.9 Å². The van der Waals surface area contributed by atoms with Crippen molar-refractivity contribution in [1.29, 1.82) is 0 Å². The van der Waals surface area contributed by atoms with E-state index in [0.29, 0.717) is 16.4 Å². The fourth-order valence-electron chi connectivity index (χ4n) is 2.95. The van der Waals surface area contributed by atoms with Crippen molar-refractivity contribution in [3.8, 4) is 11.1 Å². The molecule has 0 saturated heterocycles. The van der Waals surface area contributed by atoms with Gasteiger partial charge in [0.2, 0.25) is 0 Å². The lowest BCUT2D eigenvalue weighted by atomic mass is 10.0. The molecular formula is C23H17ClN2O. The maximum atomic E-state index is 12.3. The maximum absolute atomic E-state index is 12.3. The van der Waals surface area contributed by atoms with Gasteiger partial charge in [-0.2, -0.15) is 0 Å². The van der Waals surface area contributed by atoms with Crippen LogP contribution in [0.1, 0.15) is 16.8 Å². The predicted octanol–water partition coefficient (Wildman–Crippen LogP) is 5.41. The zero-order valence-corrected chi connectivity index (χ0v) is 15.5. The first-order valence-electron chi connectivity index (χ1n) is 8.63. The Hall–Kier alpha value is -3.17. The van der Waals surface area contributed by atoms with E-state index in [9.17, 15) is 4.79 Å². The van der Waals surface area contributed by atoms with E-state index in [0.717, 1.165) is 16.7 Å². The number of fused-ring (bicyclic) bond motifs is 1. The molecule has 0 aliphatic carbocycles. The molecule has 0 aliphatic rings. The van der Waals surface area contributed by atoms with Gasteiger partial charge in [0.15, 0.2) is 0 Å². The van der Waals surface area contributed by atoms with Crippen LogP contribution < -0.4 is 5.56 Å². The third-order valence-electron chi connectivity index (χ3n) is 4.36. The Balaban J connectivity index is 1.67. The van der Waals surface area contributed by atoms with Crippen molar-refractivity contribution in [2.45, 2.75) is 6.92 Å². The predicted molar refractivity (Wildman–Crippen MR) is 112 cm³/mol. The summed E-state index contributed by atoms with van der Waals surface area (Å²) >= 11 is 6.45. The molecule has 4 heteroatoms. The highest BCUT2D eigenvalue weighted by Crippen LogP contribution is 2.23. The Bertz CT molecular complexity index is 1190. The van der Waals surface area contributed by atoms with Gasteiger partial charge in [0.05, 0.1) is 10.7 Å². The lowest BCUT2D eigenvalue weighted by Gasteiger charge is -2.05. The van der Waals surface area contributed by atoms with Crippen LogP contribution in [0.4, 0.5) is 0 Å². The number of benzene rings is 2. The quantitative estimate of drug-likeness (QED) is 0.482. The Morgan fingerprint density at radius 2 is 1.67 bits per heavy atom. The third-order valence-corrected chi connectivity index (χ3v) is 4.67. The molecule has 0 amide bonds. The lowest BCUT2D eigenvalue weighted by Crippen LogP contribution is -2.15. The van der Waals surface area contributed by atoms with Gasteiger partial charge in [-0.3, -0.25) is 9.20 Å².